The molecule has 0 spiro atoms. The van der Waals surface area contributed by atoms with Gasteiger partial charge in [-0.3, -0.25) is 4.79 Å². The summed E-state index contributed by atoms with van der Waals surface area (Å²) < 4.78 is 33.7. The molecule has 164 valence electrons. The van der Waals surface area contributed by atoms with E-state index in [0.29, 0.717) is 41.4 Å². The highest BCUT2D eigenvalue weighted by Crippen LogP contribution is 2.32. The van der Waals surface area contributed by atoms with Crippen molar-refractivity contribution in [2.45, 2.75) is 59.8 Å². The van der Waals surface area contributed by atoms with Crippen LogP contribution in [0.15, 0.2) is 9.42 Å². The molecule has 1 aliphatic rings. The minimum Gasteiger partial charge on any atom is -0.361 e. The molecule has 0 N–H and O–H groups in total. The molecule has 1 saturated heterocycles. The summed E-state index contributed by atoms with van der Waals surface area (Å²) in [5, 5.41) is 3.96. The second kappa shape index (κ2) is 8.15. The fraction of sp³-hybridized carbons (Fsp3) is 0.545. The zero-order valence-electron chi connectivity index (χ0n) is 18.9. The van der Waals surface area contributed by atoms with Crippen LogP contribution in [0.4, 0.5) is 0 Å². The molecule has 30 heavy (non-hydrogen) atoms. The zero-order valence-corrected chi connectivity index (χ0v) is 19.7. The highest BCUT2D eigenvalue weighted by Gasteiger charge is 2.34. The number of sulfonamides is 1. The van der Waals surface area contributed by atoms with E-state index in [-0.39, 0.29) is 19.0 Å². The van der Waals surface area contributed by atoms with Crippen LogP contribution in [-0.2, 0) is 16.4 Å². The number of aryl methyl sites for hydroxylation is 2. The second-order valence-electron chi connectivity index (χ2n) is 8.06. The molecule has 0 bridgehead atoms. The maximum absolute atomic E-state index is 13.5. The van der Waals surface area contributed by atoms with Crippen LogP contribution in [0.2, 0.25) is 0 Å². The molecule has 1 aromatic carbocycles. The van der Waals surface area contributed by atoms with Crippen molar-refractivity contribution in [3.05, 3.63) is 44.8 Å². The number of nitrogens with zero attached hydrogens (tertiary/aromatic N) is 3. The minimum absolute atomic E-state index is 0.142. The van der Waals surface area contributed by atoms with E-state index < -0.39 is 10.0 Å². The van der Waals surface area contributed by atoms with E-state index in [9.17, 15) is 13.2 Å². The molecule has 1 aromatic heterocycles. The standard InChI is InChI=1S/C22H31N3O4S/c1-8-19-20(18(7)29-23-19)22(26)24-9-11-25(12-10-24)30(27,28)21-16(5)14(3)13(2)15(4)17(21)6/h8-12H2,1-7H3. The van der Waals surface area contributed by atoms with Crippen molar-refractivity contribution in [1.82, 2.24) is 14.4 Å². The number of aromatic nitrogens is 1. The van der Waals surface area contributed by atoms with E-state index in [4.69, 9.17) is 4.52 Å². The molecule has 2 aromatic rings. The Balaban J connectivity index is 1.85. The number of rotatable bonds is 4. The van der Waals surface area contributed by atoms with Gasteiger partial charge in [-0.15, -0.1) is 0 Å². The van der Waals surface area contributed by atoms with Gasteiger partial charge in [-0.2, -0.15) is 4.31 Å². The average molecular weight is 434 g/mol. The highest BCUT2D eigenvalue weighted by molar-refractivity contribution is 7.89. The van der Waals surface area contributed by atoms with Gasteiger partial charge in [0.05, 0.1) is 10.6 Å². The zero-order chi connectivity index (χ0) is 22.4. The molecule has 1 aliphatic heterocycles. The Kier molecular flexibility index (Phi) is 6.11. The molecule has 1 amide bonds. The van der Waals surface area contributed by atoms with Gasteiger partial charge in [-0.05, 0) is 75.8 Å². The van der Waals surface area contributed by atoms with E-state index >= 15 is 0 Å². The summed E-state index contributed by atoms with van der Waals surface area (Å²) in [5.74, 6) is 0.362. The van der Waals surface area contributed by atoms with Gasteiger partial charge in [0.1, 0.15) is 11.3 Å². The highest BCUT2D eigenvalue weighted by atomic mass is 32.2. The molecule has 1 fully saturated rings. The largest absolute Gasteiger partial charge is 0.361 e. The van der Waals surface area contributed by atoms with Crippen LogP contribution in [0, 0.1) is 41.5 Å². The van der Waals surface area contributed by atoms with E-state index in [2.05, 4.69) is 5.16 Å². The first-order valence-electron chi connectivity index (χ1n) is 10.3. The van der Waals surface area contributed by atoms with Gasteiger partial charge >= 0.3 is 0 Å². The van der Waals surface area contributed by atoms with Gasteiger partial charge in [0.2, 0.25) is 10.0 Å². The molecule has 8 heteroatoms. The number of carbonyl (C=O) groups excluding carboxylic acids is 1. The molecular formula is C22H31N3O4S. The predicted octanol–water partition coefficient (Wildman–Crippen LogP) is 3.23. The molecule has 0 unspecified atom stereocenters. The van der Waals surface area contributed by atoms with E-state index in [1.54, 1.807) is 11.8 Å². The minimum atomic E-state index is -3.64. The normalized spacial score (nSPS) is 15.6. The topological polar surface area (TPSA) is 83.7 Å². The second-order valence-corrected chi connectivity index (χ2v) is 9.94. The third kappa shape index (κ3) is 3.56. The lowest BCUT2D eigenvalue weighted by Crippen LogP contribution is -2.50. The van der Waals surface area contributed by atoms with Gasteiger partial charge in [-0.25, -0.2) is 8.42 Å². The Morgan fingerprint density at radius 3 is 1.90 bits per heavy atom. The molecule has 0 atom stereocenters. The third-order valence-corrected chi connectivity index (χ3v) is 8.71. The lowest BCUT2D eigenvalue weighted by atomic mass is 9.95. The monoisotopic (exact) mass is 433 g/mol. The molecule has 0 saturated carbocycles. The maximum atomic E-state index is 13.5. The lowest BCUT2D eigenvalue weighted by Gasteiger charge is -2.35. The van der Waals surface area contributed by atoms with Crippen molar-refractivity contribution in [3.8, 4) is 0 Å². The van der Waals surface area contributed by atoms with Gasteiger partial charge in [-0.1, -0.05) is 12.1 Å². The van der Waals surface area contributed by atoms with Crippen LogP contribution < -0.4 is 0 Å². The van der Waals surface area contributed by atoms with Crippen LogP contribution in [0.1, 0.15) is 56.6 Å². The Bertz CT molecular complexity index is 1070. The van der Waals surface area contributed by atoms with Gasteiger partial charge in [0, 0.05) is 26.2 Å². The molecule has 0 radical (unpaired) electrons. The first-order valence-corrected chi connectivity index (χ1v) is 11.8. The Morgan fingerprint density at radius 2 is 1.40 bits per heavy atom. The summed E-state index contributed by atoms with van der Waals surface area (Å²) in [6, 6.07) is 0. The van der Waals surface area contributed by atoms with Crippen molar-refractivity contribution in [1.29, 1.82) is 0 Å². The van der Waals surface area contributed by atoms with E-state index in [0.717, 1.165) is 27.8 Å². The first-order chi connectivity index (χ1) is 14.0. The summed E-state index contributed by atoms with van der Waals surface area (Å²) in [7, 11) is -3.64. The van der Waals surface area contributed by atoms with Crippen LogP contribution >= 0.6 is 0 Å². The quantitative estimate of drug-likeness (QED) is 0.739. The van der Waals surface area contributed by atoms with Crippen molar-refractivity contribution in [2.75, 3.05) is 26.2 Å². The number of piperazine rings is 1. The summed E-state index contributed by atoms with van der Waals surface area (Å²) in [5.41, 5.74) is 5.93. The molecule has 7 nitrogen and oxygen atoms in total. The summed E-state index contributed by atoms with van der Waals surface area (Å²) in [6.45, 7) is 14.6. The molecule has 2 heterocycles. The molecule has 3 rings (SSSR count). The van der Waals surface area contributed by atoms with Crippen molar-refractivity contribution in [3.63, 3.8) is 0 Å². The Hall–Kier alpha value is -2.19. The smallest absolute Gasteiger partial charge is 0.259 e. The molecule has 0 aliphatic carbocycles. The Labute approximate surface area is 179 Å². The molecular weight excluding hydrogens is 402 g/mol. The van der Waals surface area contributed by atoms with Crippen LogP contribution in [0.25, 0.3) is 0 Å². The lowest BCUT2D eigenvalue weighted by molar-refractivity contribution is 0.0695. The summed E-state index contributed by atoms with van der Waals surface area (Å²) in [6.07, 6.45) is 0.609. The van der Waals surface area contributed by atoms with Gasteiger partial charge in [0.25, 0.3) is 5.91 Å². The van der Waals surface area contributed by atoms with Crippen molar-refractivity contribution >= 4 is 15.9 Å². The van der Waals surface area contributed by atoms with Crippen molar-refractivity contribution in [2.24, 2.45) is 0 Å². The van der Waals surface area contributed by atoms with Crippen LogP contribution in [-0.4, -0.2) is 54.9 Å². The van der Waals surface area contributed by atoms with Gasteiger partial charge < -0.3 is 9.42 Å². The number of hydrogen-bond donors (Lipinski definition) is 0. The SMILES string of the molecule is CCc1noc(C)c1C(=O)N1CCN(S(=O)(=O)c2c(C)c(C)c(C)c(C)c2C)CC1. The van der Waals surface area contributed by atoms with Crippen LogP contribution in [0.5, 0.6) is 0 Å². The predicted molar refractivity (Wildman–Crippen MR) is 115 cm³/mol. The third-order valence-electron chi connectivity index (χ3n) is 6.54. The summed E-state index contributed by atoms with van der Waals surface area (Å²) in [4.78, 5) is 15.1. The number of hydrogen-bond acceptors (Lipinski definition) is 5. The van der Waals surface area contributed by atoms with E-state index in [1.807, 2.05) is 41.5 Å². The number of amides is 1. The number of benzene rings is 1. The fourth-order valence-electron chi connectivity index (χ4n) is 4.20. The Morgan fingerprint density at radius 1 is 0.900 bits per heavy atom. The van der Waals surface area contributed by atoms with Crippen molar-refractivity contribution < 1.29 is 17.7 Å². The van der Waals surface area contributed by atoms with Crippen LogP contribution in [0.3, 0.4) is 0 Å². The fourth-order valence-corrected chi connectivity index (χ4v) is 6.19. The average Bonchev–Trinajstić information content (AvgIpc) is 3.10. The maximum Gasteiger partial charge on any atom is 0.259 e. The first kappa shape index (κ1) is 22.5. The van der Waals surface area contributed by atoms with Gasteiger partial charge in [0.15, 0.2) is 0 Å². The summed E-state index contributed by atoms with van der Waals surface area (Å²) >= 11 is 0. The number of carbonyl (C=O) groups is 1. The van der Waals surface area contributed by atoms with E-state index in [1.165, 1.54) is 4.31 Å².